The lowest BCUT2D eigenvalue weighted by atomic mass is 10.1. The van der Waals surface area contributed by atoms with E-state index in [4.69, 9.17) is 0 Å². The van der Waals surface area contributed by atoms with Crippen molar-refractivity contribution in [2.75, 3.05) is 29.4 Å². The number of nitrogens with zero attached hydrogens (tertiary/aromatic N) is 3. The Morgan fingerprint density at radius 3 is 2.63 bits per heavy atom. The fraction of sp³-hybridized carbons (Fsp3) is 0.273. The number of carbonyl (C=O) groups is 2. The SMILES string of the molecule is O=C1CN(c2ccc3c(c2)N(Cc2ccccc2)CC3)C(=O)C2=CCCN12. The maximum absolute atomic E-state index is 12.9. The molecule has 0 unspecified atom stereocenters. The molecule has 1 saturated heterocycles. The zero-order chi connectivity index (χ0) is 18.4. The van der Waals surface area contributed by atoms with Crippen LogP contribution in [0.5, 0.6) is 0 Å². The van der Waals surface area contributed by atoms with E-state index in [1.807, 2.05) is 18.2 Å². The summed E-state index contributed by atoms with van der Waals surface area (Å²) in [6, 6.07) is 16.6. The molecule has 0 aromatic heterocycles. The predicted molar refractivity (Wildman–Crippen MR) is 104 cm³/mol. The number of anilines is 2. The van der Waals surface area contributed by atoms with Crippen LogP contribution in [0.1, 0.15) is 17.5 Å². The van der Waals surface area contributed by atoms with Gasteiger partial charge in [0.15, 0.2) is 0 Å². The minimum absolute atomic E-state index is 0.00000912. The molecule has 0 radical (unpaired) electrons. The molecule has 2 amide bonds. The third-order valence-electron chi connectivity index (χ3n) is 5.63. The van der Waals surface area contributed by atoms with E-state index in [1.54, 1.807) is 9.80 Å². The molecule has 0 spiro atoms. The van der Waals surface area contributed by atoms with Crippen LogP contribution in [0.15, 0.2) is 60.3 Å². The number of hydrogen-bond donors (Lipinski definition) is 0. The van der Waals surface area contributed by atoms with Gasteiger partial charge in [-0.2, -0.15) is 0 Å². The molecule has 5 rings (SSSR count). The highest BCUT2D eigenvalue weighted by Crippen LogP contribution is 2.35. The van der Waals surface area contributed by atoms with Gasteiger partial charge >= 0.3 is 0 Å². The predicted octanol–water partition coefficient (Wildman–Crippen LogP) is 2.71. The van der Waals surface area contributed by atoms with Crippen LogP contribution >= 0.6 is 0 Å². The van der Waals surface area contributed by atoms with Crippen LogP contribution in [0.2, 0.25) is 0 Å². The second kappa shape index (κ2) is 6.27. The highest BCUT2D eigenvalue weighted by atomic mass is 16.2. The Balaban J connectivity index is 1.45. The van der Waals surface area contributed by atoms with Crippen LogP contribution in [0.25, 0.3) is 0 Å². The standard InChI is InChI=1S/C22H21N3O2/c26-21-15-25(22(27)19-7-4-11-24(19)21)18-9-8-17-10-12-23(20(17)13-18)14-16-5-2-1-3-6-16/h1-3,5-9,13H,4,10-12,14-15H2. The smallest absolute Gasteiger partial charge is 0.275 e. The summed E-state index contributed by atoms with van der Waals surface area (Å²) >= 11 is 0. The Kier molecular flexibility index (Phi) is 3.74. The highest BCUT2D eigenvalue weighted by Gasteiger charge is 2.37. The zero-order valence-corrected chi connectivity index (χ0v) is 15.1. The number of benzene rings is 2. The van der Waals surface area contributed by atoms with Crippen molar-refractivity contribution in [3.05, 3.63) is 71.4 Å². The van der Waals surface area contributed by atoms with Crippen molar-refractivity contribution in [1.82, 2.24) is 4.90 Å². The number of rotatable bonds is 3. The van der Waals surface area contributed by atoms with Gasteiger partial charge in [-0.05, 0) is 36.1 Å². The van der Waals surface area contributed by atoms with E-state index in [0.717, 1.165) is 31.6 Å². The minimum Gasteiger partial charge on any atom is -0.367 e. The normalized spacial score (nSPS) is 18.7. The van der Waals surface area contributed by atoms with E-state index in [-0.39, 0.29) is 18.4 Å². The first kappa shape index (κ1) is 16.1. The van der Waals surface area contributed by atoms with Gasteiger partial charge in [0, 0.05) is 31.0 Å². The average Bonchev–Trinajstić information content (AvgIpc) is 3.33. The third kappa shape index (κ3) is 2.70. The molecule has 0 aliphatic carbocycles. The Hall–Kier alpha value is -3.08. The number of hydrogen-bond acceptors (Lipinski definition) is 3. The van der Waals surface area contributed by atoms with E-state index in [0.29, 0.717) is 12.2 Å². The lowest BCUT2D eigenvalue weighted by molar-refractivity contribution is -0.133. The molecule has 3 heterocycles. The quantitative estimate of drug-likeness (QED) is 0.846. The Morgan fingerprint density at radius 2 is 1.78 bits per heavy atom. The van der Waals surface area contributed by atoms with Gasteiger partial charge in [0.05, 0.1) is 0 Å². The highest BCUT2D eigenvalue weighted by molar-refractivity contribution is 6.14. The van der Waals surface area contributed by atoms with Crippen LogP contribution in [-0.4, -0.2) is 36.3 Å². The van der Waals surface area contributed by atoms with Gasteiger partial charge in [0.2, 0.25) is 5.91 Å². The summed E-state index contributed by atoms with van der Waals surface area (Å²) in [7, 11) is 0. The zero-order valence-electron chi connectivity index (χ0n) is 15.1. The number of carbonyl (C=O) groups excluding carboxylic acids is 2. The number of fused-ring (bicyclic) bond motifs is 2. The molecule has 2 aromatic rings. The number of amides is 2. The molecule has 5 nitrogen and oxygen atoms in total. The molecule has 3 aliphatic rings. The summed E-state index contributed by atoms with van der Waals surface area (Å²) in [5, 5.41) is 0. The number of piperazine rings is 1. The van der Waals surface area contributed by atoms with Crippen molar-refractivity contribution in [2.45, 2.75) is 19.4 Å². The van der Waals surface area contributed by atoms with Crippen molar-refractivity contribution in [1.29, 1.82) is 0 Å². The third-order valence-corrected chi connectivity index (χ3v) is 5.63. The van der Waals surface area contributed by atoms with Gasteiger partial charge in [-0.25, -0.2) is 0 Å². The summed E-state index contributed by atoms with van der Waals surface area (Å²) in [6.45, 7) is 2.57. The fourth-order valence-electron chi connectivity index (χ4n) is 4.23. The molecule has 1 fully saturated rings. The average molecular weight is 359 g/mol. The monoisotopic (exact) mass is 359 g/mol. The summed E-state index contributed by atoms with van der Waals surface area (Å²) in [5.74, 6) is -0.0698. The van der Waals surface area contributed by atoms with E-state index < -0.39 is 0 Å². The first-order valence-electron chi connectivity index (χ1n) is 9.45. The van der Waals surface area contributed by atoms with Gasteiger partial charge < -0.3 is 9.80 Å². The van der Waals surface area contributed by atoms with Crippen LogP contribution < -0.4 is 9.80 Å². The van der Waals surface area contributed by atoms with Gasteiger partial charge in [-0.15, -0.1) is 0 Å². The maximum atomic E-state index is 12.9. The maximum Gasteiger partial charge on any atom is 0.275 e. The van der Waals surface area contributed by atoms with Gasteiger partial charge in [0.25, 0.3) is 5.91 Å². The van der Waals surface area contributed by atoms with Gasteiger partial charge in [-0.3, -0.25) is 14.5 Å². The fourth-order valence-corrected chi connectivity index (χ4v) is 4.23. The topological polar surface area (TPSA) is 43.9 Å². The first-order valence-corrected chi connectivity index (χ1v) is 9.45. The van der Waals surface area contributed by atoms with Crippen molar-refractivity contribution >= 4 is 23.2 Å². The lowest BCUT2D eigenvalue weighted by Gasteiger charge is -2.33. The van der Waals surface area contributed by atoms with Gasteiger partial charge in [-0.1, -0.05) is 42.5 Å². The largest absolute Gasteiger partial charge is 0.367 e. The lowest BCUT2D eigenvalue weighted by Crippen LogP contribution is -2.51. The molecule has 0 atom stereocenters. The Labute approximate surface area is 158 Å². The summed E-state index contributed by atoms with van der Waals surface area (Å²) < 4.78 is 0. The Morgan fingerprint density at radius 1 is 0.926 bits per heavy atom. The van der Waals surface area contributed by atoms with Crippen LogP contribution in [0.3, 0.4) is 0 Å². The van der Waals surface area contributed by atoms with E-state index in [2.05, 4.69) is 41.3 Å². The van der Waals surface area contributed by atoms with Crippen molar-refractivity contribution in [2.24, 2.45) is 0 Å². The molecule has 0 bridgehead atoms. The van der Waals surface area contributed by atoms with Crippen LogP contribution in [0.4, 0.5) is 11.4 Å². The summed E-state index contributed by atoms with van der Waals surface area (Å²) in [4.78, 5) is 30.9. The van der Waals surface area contributed by atoms with E-state index in [1.165, 1.54) is 16.8 Å². The molecule has 2 aromatic carbocycles. The molecular formula is C22H21N3O2. The van der Waals surface area contributed by atoms with Crippen molar-refractivity contribution in [3.8, 4) is 0 Å². The minimum atomic E-state index is -0.0698. The molecule has 136 valence electrons. The molecule has 0 N–H and O–H groups in total. The van der Waals surface area contributed by atoms with Gasteiger partial charge in [0.1, 0.15) is 12.2 Å². The van der Waals surface area contributed by atoms with Crippen LogP contribution in [0, 0.1) is 0 Å². The second-order valence-electron chi connectivity index (χ2n) is 7.28. The van der Waals surface area contributed by atoms with Crippen LogP contribution in [-0.2, 0) is 22.6 Å². The molecule has 27 heavy (non-hydrogen) atoms. The van der Waals surface area contributed by atoms with Crippen molar-refractivity contribution < 1.29 is 9.59 Å². The summed E-state index contributed by atoms with van der Waals surface area (Å²) in [5.41, 5.74) is 5.07. The first-order chi connectivity index (χ1) is 13.2. The molecular weight excluding hydrogens is 338 g/mol. The second-order valence-corrected chi connectivity index (χ2v) is 7.28. The van der Waals surface area contributed by atoms with E-state index in [9.17, 15) is 9.59 Å². The Bertz CT molecular complexity index is 951. The molecule has 3 aliphatic heterocycles. The molecule has 5 heteroatoms. The summed E-state index contributed by atoms with van der Waals surface area (Å²) in [6.07, 6.45) is 3.64. The molecule has 0 saturated carbocycles. The van der Waals surface area contributed by atoms with E-state index >= 15 is 0 Å². The van der Waals surface area contributed by atoms with Crippen molar-refractivity contribution in [3.63, 3.8) is 0 Å².